The third-order valence-electron chi connectivity index (χ3n) is 10.8. The van der Waals surface area contributed by atoms with Crippen LogP contribution in [0.25, 0.3) is 101 Å². The van der Waals surface area contributed by atoms with Gasteiger partial charge in [0.25, 0.3) is 0 Å². The van der Waals surface area contributed by atoms with Crippen molar-refractivity contribution in [3.05, 3.63) is 218 Å². The molecule has 2 aromatic heterocycles. The fourth-order valence-corrected chi connectivity index (χ4v) is 7.76. The van der Waals surface area contributed by atoms with E-state index in [1.165, 1.54) is 0 Å². The van der Waals surface area contributed by atoms with Crippen molar-refractivity contribution in [3.63, 3.8) is 0 Å². The van der Waals surface area contributed by atoms with Gasteiger partial charge in [0.2, 0.25) is 0 Å². The smallest absolute Gasteiger partial charge is 0.182 e. The Bertz CT molecular complexity index is 3240. The Balaban J connectivity index is 1.11. The van der Waals surface area contributed by atoms with Crippen LogP contribution in [-0.2, 0) is 0 Å². The topological polar surface area (TPSA) is 101 Å². The van der Waals surface area contributed by atoms with Crippen molar-refractivity contribution in [1.82, 2.24) is 30.4 Å². The first-order chi connectivity index (χ1) is 30.7. The second kappa shape index (κ2) is 16.9. The molecule has 7 nitrogen and oxygen atoms in total. The van der Waals surface area contributed by atoms with Gasteiger partial charge in [0.15, 0.2) is 11.6 Å². The molecule has 0 N–H and O–H groups in total. The zero-order valence-corrected chi connectivity index (χ0v) is 33.3. The standard InChI is InChI=1S/C55H35N7/c56-36-46-25-13-14-30-47(46)43-31-32-48(41-26-15-28-44(33-41)54-57-50(37-17-5-1-6-18-37)52(59-61-54)39-21-9-3-10-22-39)49(35-43)42-27-16-29-45(34-42)55-58-51(38-19-7-2-8-20-38)53(60-62-55)40-23-11-4-12-24-40/h1-35H. The molecule has 0 unspecified atom stereocenters. The normalized spacial score (nSPS) is 10.9. The van der Waals surface area contributed by atoms with Crippen LogP contribution in [0.15, 0.2) is 212 Å². The Morgan fingerprint density at radius 2 is 0.661 bits per heavy atom. The minimum absolute atomic E-state index is 0.512. The lowest BCUT2D eigenvalue weighted by Gasteiger charge is -2.16. The molecular formula is C55H35N7. The molecule has 0 spiro atoms. The molecule has 62 heavy (non-hydrogen) atoms. The molecule has 0 atom stereocenters. The first-order valence-corrected chi connectivity index (χ1v) is 20.3. The number of nitrogens with zero attached hydrogens (tertiary/aromatic N) is 7. The number of hydrogen-bond donors (Lipinski definition) is 0. The number of hydrogen-bond acceptors (Lipinski definition) is 7. The van der Waals surface area contributed by atoms with E-state index < -0.39 is 0 Å². The SMILES string of the molecule is N#Cc1ccccc1-c1ccc(-c2cccc(-c3nnc(-c4ccccc4)c(-c4ccccc4)n3)c2)c(-c2cccc(-c3nnc(-c4ccccc4)c(-c4ccccc4)n3)c2)c1. The zero-order valence-electron chi connectivity index (χ0n) is 33.3. The molecule has 0 bridgehead atoms. The van der Waals surface area contributed by atoms with E-state index in [0.29, 0.717) is 22.9 Å². The van der Waals surface area contributed by atoms with Gasteiger partial charge in [-0.05, 0) is 57.6 Å². The highest BCUT2D eigenvalue weighted by Crippen LogP contribution is 2.40. The molecule has 290 valence electrons. The van der Waals surface area contributed by atoms with E-state index in [9.17, 15) is 5.26 Å². The number of benzene rings is 8. The summed E-state index contributed by atoms with van der Waals surface area (Å²) in [5.74, 6) is 1.03. The second-order valence-electron chi connectivity index (χ2n) is 14.7. The van der Waals surface area contributed by atoms with Crippen molar-refractivity contribution in [2.75, 3.05) is 0 Å². The van der Waals surface area contributed by atoms with E-state index in [-0.39, 0.29) is 0 Å². The van der Waals surface area contributed by atoms with Crippen LogP contribution in [0.2, 0.25) is 0 Å². The van der Waals surface area contributed by atoms with Gasteiger partial charge in [-0.3, -0.25) is 0 Å². The van der Waals surface area contributed by atoms with Crippen molar-refractivity contribution in [2.45, 2.75) is 0 Å². The highest BCUT2D eigenvalue weighted by molar-refractivity contribution is 5.90. The Morgan fingerprint density at radius 3 is 1.15 bits per heavy atom. The van der Waals surface area contributed by atoms with Crippen molar-refractivity contribution < 1.29 is 0 Å². The fraction of sp³-hybridized carbons (Fsp3) is 0. The molecule has 7 heteroatoms. The minimum atomic E-state index is 0.512. The summed E-state index contributed by atoms with van der Waals surface area (Å²) in [5, 5.41) is 29.0. The molecule has 10 aromatic rings. The predicted molar refractivity (Wildman–Crippen MR) is 247 cm³/mol. The van der Waals surface area contributed by atoms with Gasteiger partial charge in [0, 0.05) is 33.4 Å². The molecule has 0 aliphatic heterocycles. The van der Waals surface area contributed by atoms with Crippen molar-refractivity contribution >= 4 is 0 Å². The maximum atomic E-state index is 10.1. The Labute approximate surface area is 359 Å². The van der Waals surface area contributed by atoms with E-state index >= 15 is 0 Å². The number of rotatable bonds is 9. The van der Waals surface area contributed by atoms with E-state index in [4.69, 9.17) is 25.3 Å². The van der Waals surface area contributed by atoms with E-state index in [2.05, 4.69) is 53.6 Å². The van der Waals surface area contributed by atoms with Crippen molar-refractivity contribution in [3.8, 4) is 107 Å². The van der Waals surface area contributed by atoms with Crippen molar-refractivity contribution in [1.29, 1.82) is 5.26 Å². The summed E-state index contributed by atoms with van der Waals surface area (Å²) < 4.78 is 0. The third-order valence-corrected chi connectivity index (χ3v) is 10.8. The molecule has 0 saturated heterocycles. The Kier molecular flexibility index (Phi) is 10.2. The fourth-order valence-electron chi connectivity index (χ4n) is 7.76. The Hall–Kier alpha value is -8.73. The monoisotopic (exact) mass is 793 g/mol. The lowest BCUT2D eigenvalue weighted by Crippen LogP contribution is -2.00. The van der Waals surface area contributed by atoms with Gasteiger partial charge in [-0.15, -0.1) is 20.4 Å². The molecule has 0 aliphatic rings. The molecule has 0 aliphatic carbocycles. The van der Waals surface area contributed by atoms with Crippen LogP contribution in [0.5, 0.6) is 0 Å². The molecule has 0 amide bonds. The summed E-state index contributed by atoms with van der Waals surface area (Å²) >= 11 is 0. The average molecular weight is 794 g/mol. The van der Waals surface area contributed by atoms with Gasteiger partial charge in [-0.25, -0.2) is 9.97 Å². The number of aromatic nitrogens is 6. The van der Waals surface area contributed by atoms with Crippen LogP contribution in [0, 0.1) is 11.3 Å². The predicted octanol–water partition coefficient (Wildman–Crippen LogP) is 12.9. The van der Waals surface area contributed by atoms with Crippen LogP contribution >= 0.6 is 0 Å². The quantitative estimate of drug-likeness (QED) is 0.143. The maximum absolute atomic E-state index is 10.1. The summed E-state index contributed by atoms with van der Waals surface area (Å²) in [6.07, 6.45) is 0. The van der Waals surface area contributed by atoms with Gasteiger partial charge in [-0.1, -0.05) is 188 Å². The molecule has 0 saturated carbocycles. The number of nitriles is 1. The van der Waals surface area contributed by atoms with Crippen LogP contribution in [0.1, 0.15) is 5.56 Å². The first kappa shape index (κ1) is 37.5. The Morgan fingerprint density at radius 1 is 0.274 bits per heavy atom. The van der Waals surface area contributed by atoms with Gasteiger partial charge in [0.1, 0.15) is 22.8 Å². The molecule has 8 aromatic carbocycles. The molecule has 10 rings (SSSR count). The molecule has 0 radical (unpaired) electrons. The van der Waals surface area contributed by atoms with E-state index in [1.54, 1.807) is 0 Å². The highest BCUT2D eigenvalue weighted by Gasteiger charge is 2.19. The summed E-state index contributed by atoms with van der Waals surface area (Å²) in [6, 6.07) is 73.2. The maximum Gasteiger partial charge on any atom is 0.182 e. The molecule has 0 fully saturated rings. The van der Waals surface area contributed by atoms with Gasteiger partial charge in [-0.2, -0.15) is 5.26 Å². The minimum Gasteiger partial charge on any atom is -0.224 e. The lowest BCUT2D eigenvalue weighted by molar-refractivity contribution is 0.991. The van der Waals surface area contributed by atoms with Crippen molar-refractivity contribution in [2.24, 2.45) is 0 Å². The van der Waals surface area contributed by atoms with E-state index in [0.717, 1.165) is 83.8 Å². The van der Waals surface area contributed by atoms with Gasteiger partial charge >= 0.3 is 0 Å². The average Bonchev–Trinajstić information content (AvgIpc) is 3.37. The first-order valence-electron chi connectivity index (χ1n) is 20.3. The zero-order chi connectivity index (χ0) is 41.7. The van der Waals surface area contributed by atoms with Crippen LogP contribution in [0.4, 0.5) is 0 Å². The second-order valence-corrected chi connectivity index (χ2v) is 14.7. The highest BCUT2D eigenvalue weighted by atomic mass is 15.2. The van der Waals surface area contributed by atoms with Gasteiger partial charge < -0.3 is 0 Å². The van der Waals surface area contributed by atoms with Crippen LogP contribution in [0.3, 0.4) is 0 Å². The molecule has 2 heterocycles. The summed E-state index contributed by atoms with van der Waals surface area (Å²) in [7, 11) is 0. The van der Waals surface area contributed by atoms with Crippen LogP contribution in [-0.4, -0.2) is 30.4 Å². The third kappa shape index (κ3) is 7.52. The van der Waals surface area contributed by atoms with Crippen LogP contribution < -0.4 is 0 Å². The molecular weight excluding hydrogens is 759 g/mol. The lowest BCUT2D eigenvalue weighted by atomic mass is 9.89. The summed E-state index contributed by atoms with van der Waals surface area (Å²) in [6.45, 7) is 0. The summed E-state index contributed by atoms with van der Waals surface area (Å²) in [5.41, 5.74) is 14.7. The van der Waals surface area contributed by atoms with E-state index in [1.807, 2.05) is 170 Å². The largest absolute Gasteiger partial charge is 0.224 e. The summed E-state index contributed by atoms with van der Waals surface area (Å²) in [4.78, 5) is 10.3. The van der Waals surface area contributed by atoms with Gasteiger partial charge in [0.05, 0.1) is 11.6 Å².